The predicted octanol–water partition coefficient (Wildman–Crippen LogP) is 3.08. The van der Waals surface area contributed by atoms with Crippen LogP contribution in [-0.4, -0.2) is 41.3 Å². The van der Waals surface area contributed by atoms with Gasteiger partial charge in [-0.15, -0.1) is 0 Å². The highest BCUT2D eigenvalue weighted by Gasteiger charge is 2.33. The number of hydrogen-bond donors (Lipinski definition) is 1. The summed E-state index contributed by atoms with van der Waals surface area (Å²) in [7, 11) is 3.84. The number of benzene rings is 2. The number of allylic oxidation sites excluding steroid dienone is 1. The third-order valence-electron chi connectivity index (χ3n) is 5.80. The minimum Gasteiger partial charge on any atom is -0.501 e. The molecule has 3 aromatic rings. The fraction of sp³-hybridized carbons (Fsp3) is 0.240. The number of fused-ring (bicyclic) bond motifs is 1. The van der Waals surface area contributed by atoms with E-state index >= 15 is 0 Å². The molecule has 1 aromatic heterocycles. The number of carbonyl (C=O) groups is 1. The van der Waals surface area contributed by atoms with Crippen LogP contribution in [0.2, 0.25) is 0 Å². The van der Waals surface area contributed by atoms with Crippen molar-refractivity contribution in [1.82, 2.24) is 4.57 Å². The second-order valence-electron chi connectivity index (χ2n) is 8.42. The Morgan fingerprint density at radius 3 is 2.59 bits per heavy atom. The number of rotatable bonds is 6. The van der Waals surface area contributed by atoms with Gasteiger partial charge in [-0.05, 0) is 71.8 Å². The van der Waals surface area contributed by atoms with Gasteiger partial charge in [-0.1, -0.05) is 23.5 Å². The van der Waals surface area contributed by atoms with E-state index in [1.54, 1.807) is 42.5 Å². The Kier molecular flexibility index (Phi) is 7.50. The maximum Gasteiger partial charge on any atom is 0.338 e. The number of nitro benzene ring substituents is 1. The smallest absolute Gasteiger partial charge is 0.338 e. The monoisotopic (exact) mass is 634 g/mol. The molecule has 2 heterocycles. The van der Waals surface area contributed by atoms with Crippen LogP contribution < -0.4 is 19.8 Å². The molecular formula is C25H23IN4O6S. The van der Waals surface area contributed by atoms with Gasteiger partial charge in [0.2, 0.25) is 5.75 Å². The van der Waals surface area contributed by atoms with Crippen molar-refractivity contribution in [1.29, 1.82) is 0 Å². The second-order valence-corrected chi connectivity index (χ2v) is 10.6. The number of thiazole rings is 1. The summed E-state index contributed by atoms with van der Waals surface area (Å²) < 4.78 is 7.33. The first-order valence-corrected chi connectivity index (χ1v) is 13.1. The fourth-order valence-corrected chi connectivity index (χ4v) is 5.72. The van der Waals surface area contributed by atoms with Crippen LogP contribution in [0.4, 0.5) is 11.4 Å². The maximum atomic E-state index is 13.7. The molecule has 10 nitrogen and oxygen atoms in total. The Balaban J connectivity index is 1.95. The van der Waals surface area contributed by atoms with Crippen molar-refractivity contribution in [2.24, 2.45) is 4.99 Å². The van der Waals surface area contributed by atoms with E-state index in [-0.39, 0.29) is 20.3 Å². The summed E-state index contributed by atoms with van der Waals surface area (Å²) >= 11 is 2.92. The van der Waals surface area contributed by atoms with Crippen LogP contribution in [0.1, 0.15) is 31.0 Å². The molecule has 1 aliphatic heterocycles. The quantitative estimate of drug-likeness (QED) is 0.191. The van der Waals surface area contributed by atoms with Gasteiger partial charge in [0.15, 0.2) is 4.80 Å². The highest BCUT2D eigenvalue weighted by atomic mass is 127. The molecule has 4 rings (SSSR count). The number of carbonyl (C=O) groups excluding carboxylic acids is 1. The van der Waals surface area contributed by atoms with Crippen molar-refractivity contribution in [3.63, 3.8) is 0 Å². The van der Waals surface area contributed by atoms with Gasteiger partial charge in [0.1, 0.15) is 0 Å². The minimum atomic E-state index is -0.761. The molecule has 0 fully saturated rings. The highest BCUT2D eigenvalue weighted by molar-refractivity contribution is 14.1. The highest BCUT2D eigenvalue weighted by Crippen LogP contribution is 2.33. The minimum absolute atomic E-state index is 0.171. The number of ether oxygens (including phenoxy) is 1. The Morgan fingerprint density at radius 2 is 2.00 bits per heavy atom. The molecule has 0 unspecified atom stereocenters. The van der Waals surface area contributed by atoms with Crippen molar-refractivity contribution in [2.45, 2.75) is 19.9 Å². The average Bonchev–Trinajstić information content (AvgIpc) is 3.14. The number of phenolic OH excluding ortho intramolecular Hbond substituents is 1. The third-order valence-corrected chi connectivity index (χ3v) is 7.61. The van der Waals surface area contributed by atoms with Crippen molar-refractivity contribution in [2.75, 3.05) is 25.6 Å². The molecule has 1 aliphatic rings. The van der Waals surface area contributed by atoms with Crippen LogP contribution in [0.15, 0.2) is 57.5 Å². The zero-order chi connectivity index (χ0) is 27.0. The zero-order valence-corrected chi connectivity index (χ0v) is 23.4. The lowest BCUT2D eigenvalue weighted by atomic mass is 9.95. The predicted molar refractivity (Wildman–Crippen MR) is 149 cm³/mol. The number of aromatic hydroxyl groups is 1. The number of anilines is 1. The van der Waals surface area contributed by atoms with E-state index in [0.29, 0.717) is 21.6 Å². The van der Waals surface area contributed by atoms with Crippen LogP contribution in [0, 0.1) is 13.7 Å². The van der Waals surface area contributed by atoms with Crippen molar-refractivity contribution in [3.8, 4) is 5.75 Å². The van der Waals surface area contributed by atoms with Crippen LogP contribution >= 0.6 is 33.9 Å². The molecule has 1 atom stereocenters. The number of aromatic nitrogens is 1. The van der Waals surface area contributed by atoms with E-state index in [0.717, 1.165) is 17.0 Å². The first kappa shape index (κ1) is 26.5. The van der Waals surface area contributed by atoms with Gasteiger partial charge in [-0.2, -0.15) is 0 Å². The summed E-state index contributed by atoms with van der Waals surface area (Å²) in [5.74, 6) is -0.983. The number of halogens is 1. The summed E-state index contributed by atoms with van der Waals surface area (Å²) in [5.41, 5.74) is 1.92. The SMILES string of the molecule is CCOC(=O)C1=C(C)N=c2s/c(=C\c3cc(I)c(O)c([N+](=O)[O-])c3)c(=O)n2[C@H]1c1ccc(N(C)C)cc1. The van der Waals surface area contributed by atoms with Crippen LogP contribution in [-0.2, 0) is 9.53 Å². The first-order chi connectivity index (χ1) is 17.5. The summed E-state index contributed by atoms with van der Waals surface area (Å²) in [6, 6.07) is 9.53. The zero-order valence-electron chi connectivity index (χ0n) is 20.4. The van der Waals surface area contributed by atoms with Crippen LogP contribution in [0.25, 0.3) is 6.08 Å². The normalized spacial score (nSPS) is 15.3. The summed E-state index contributed by atoms with van der Waals surface area (Å²) in [6.07, 6.45) is 1.52. The number of nitro groups is 1. The fourth-order valence-electron chi connectivity index (χ4n) is 4.04. The molecule has 0 spiro atoms. The van der Waals surface area contributed by atoms with Crippen molar-refractivity contribution in [3.05, 3.63) is 92.2 Å². The van der Waals surface area contributed by atoms with Gasteiger partial charge in [-0.25, -0.2) is 9.79 Å². The lowest BCUT2D eigenvalue weighted by molar-refractivity contribution is -0.386. The summed E-state index contributed by atoms with van der Waals surface area (Å²) in [5, 5.41) is 21.4. The third kappa shape index (κ3) is 5.03. The number of nitrogens with zero attached hydrogens (tertiary/aromatic N) is 4. The molecular weight excluding hydrogens is 611 g/mol. The molecule has 12 heteroatoms. The van der Waals surface area contributed by atoms with Gasteiger partial charge in [0.05, 0.1) is 36.9 Å². The van der Waals surface area contributed by atoms with E-state index in [2.05, 4.69) is 4.99 Å². The first-order valence-electron chi connectivity index (χ1n) is 11.2. The molecule has 1 N–H and O–H groups in total. The second kappa shape index (κ2) is 10.5. The van der Waals surface area contributed by atoms with Gasteiger partial charge < -0.3 is 14.7 Å². The Morgan fingerprint density at radius 1 is 1.32 bits per heavy atom. The van der Waals surface area contributed by atoms with Crippen molar-refractivity contribution >= 4 is 57.3 Å². The van der Waals surface area contributed by atoms with Crippen LogP contribution in [0.5, 0.6) is 5.75 Å². The number of esters is 1. The topological polar surface area (TPSA) is 127 Å². The molecule has 0 saturated heterocycles. The molecule has 0 amide bonds. The molecule has 0 aliphatic carbocycles. The van der Waals surface area contributed by atoms with E-state index < -0.39 is 33.9 Å². The molecule has 0 radical (unpaired) electrons. The lowest BCUT2D eigenvalue weighted by Crippen LogP contribution is -2.39. The molecule has 192 valence electrons. The van der Waals surface area contributed by atoms with Crippen LogP contribution in [0.3, 0.4) is 0 Å². The van der Waals surface area contributed by atoms with E-state index in [1.165, 1.54) is 16.7 Å². The molecule has 0 saturated carbocycles. The Bertz CT molecular complexity index is 1620. The van der Waals surface area contributed by atoms with E-state index in [9.17, 15) is 24.8 Å². The van der Waals surface area contributed by atoms with Gasteiger partial charge in [0, 0.05) is 25.8 Å². The van der Waals surface area contributed by atoms with Gasteiger partial charge >= 0.3 is 11.7 Å². The van der Waals surface area contributed by atoms with E-state index in [1.807, 2.05) is 43.3 Å². The number of phenols is 1. The lowest BCUT2D eigenvalue weighted by Gasteiger charge is -2.25. The maximum absolute atomic E-state index is 13.7. The Hall–Kier alpha value is -3.52. The average molecular weight is 634 g/mol. The van der Waals surface area contributed by atoms with Crippen molar-refractivity contribution < 1.29 is 19.6 Å². The van der Waals surface area contributed by atoms with E-state index in [4.69, 9.17) is 4.74 Å². The van der Waals surface area contributed by atoms with Gasteiger partial charge in [-0.3, -0.25) is 19.5 Å². The largest absolute Gasteiger partial charge is 0.501 e. The molecule has 2 aromatic carbocycles. The number of hydrogen-bond acceptors (Lipinski definition) is 9. The summed E-state index contributed by atoms with van der Waals surface area (Å²) in [4.78, 5) is 44.2. The standard InChI is InChI=1S/C25H23IN4O6S/c1-5-36-24(33)20-13(2)27-25-29(21(20)15-6-8-16(9-7-15)28(3)4)23(32)19(37-25)12-14-10-17(26)22(31)18(11-14)30(34)35/h6-12,21,31H,5H2,1-4H3/b19-12-/t21-/m0/s1. The molecule has 37 heavy (non-hydrogen) atoms. The Labute approximate surface area is 229 Å². The summed E-state index contributed by atoms with van der Waals surface area (Å²) in [6.45, 7) is 3.59. The van der Waals surface area contributed by atoms with Gasteiger partial charge in [0.25, 0.3) is 5.56 Å². The molecule has 0 bridgehead atoms.